The van der Waals surface area contributed by atoms with Gasteiger partial charge in [-0.1, -0.05) is 25.0 Å². The van der Waals surface area contributed by atoms with Crippen LogP contribution in [-0.2, 0) is 11.2 Å². The van der Waals surface area contributed by atoms with Crippen LogP contribution in [0.4, 0.5) is 5.69 Å². The Bertz CT molecular complexity index is 729. The van der Waals surface area contributed by atoms with Crippen molar-refractivity contribution in [1.82, 2.24) is 10.3 Å². The Hall–Kier alpha value is -2.20. The Morgan fingerprint density at radius 2 is 1.88 bits per heavy atom. The van der Waals surface area contributed by atoms with E-state index in [0.717, 1.165) is 38.0 Å². The maximum Gasteiger partial charge on any atom is 0.232 e. The van der Waals surface area contributed by atoms with Gasteiger partial charge in [-0.25, -0.2) is 0 Å². The molecule has 1 saturated carbocycles. The van der Waals surface area contributed by atoms with Gasteiger partial charge in [0.15, 0.2) is 0 Å². The number of rotatable bonds is 4. The van der Waals surface area contributed by atoms with E-state index in [0.29, 0.717) is 5.92 Å². The molecule has 2 heterocycles. The smallest absolute Gasteiger partial charge is 0.232 e. The predicted molar refractivity (Wildman–Crippen MR) is 99.4 cm³/mol. The van der Waals surface area contributed by atoms with Crippen LogP contribution >= 0.6 is 0 Å². The van der Waals surface area contributed by atoms with E-state index >= 15 is 0 Å². The molecule has 1 amide bonds. The number of anilines is 1. The number of amides is 1. The van der Waals surface area contributed by atoms with Gasteiger partial charge in [0.2, 0.25) is 5.91 Å². The standard InChI is InChI=1S/C21H25N3O/c25-20(21-10-2-1-3-18(21)14-23-15-21)24-19-6-4-16(5-7-19)13-17-8-11-22-12-9-17/h4-9,11-12,18,23H,1-3,10,13-15H2,(H,24,25)/t18-,21+/m0/s1. The lowest BCUT2D eigenvalue weighted by atomic mass is 9.67. The quantitative estimate of drug-likeness (QED) is 0.900. The fourth-order valence-corrected chi connectivity index (χ4v) is 4.39. The Labute approximate surface area is 149 Å². The number of pyridine rings is 1. The van der Waals surface area contributed by atoms with Gasteiger partial charge < -0.3 is 10.6 Å². The summed E-state index contributed by atoms with van der Waals surface area (Å²) in [5.74, 6) is 0.691. The van der Waals surface area contributed by atoms with Gasteiger partial charge in [-0.3, -0.25) is 9.78 Å². The van der Waals surface area contributed by atoms with Crippen LogP contribution in [-0.4, -0.2) is 24.0 Å². The highest BCUT2D eigenvalue weighted by Gasteiger charge is 2.49. The van der Waals surface area contributed by atoms with Gasteiger partial charge in [0.1, 0.15) is 0 Å². The number of hydrogen-bond donors (Lipinski definition) is 2. The number of benzene rings is 1. The first-order valence-electron chi connectivity index (χ1n) is 9.26. The molecule has 0 radical (unpaired) electrons. The molecule has 4 rings (SSSR count). The summed E-state index contributed by atoms with van der Waals surface area (Å²) in [6.07, 6.45) is 9.12. The summed E-state index contributed by atoms with van der Waals surface area (Å²) in [5.41, 5.74) is 3.18. The fourth-order valence-electron chi connectivity index (χ4n) is 4.39. The van der Waals surface area contributed by atoms with Crippen LogP contribution in [0.5, 0.6) is 0 Å². The lowest BCUT2D eigenvalue weighted by molar-refractivity contribution is -0.128. The summed E-state index contributed by atoms with van der Waals surface area (Å²) in [6, 6.07) is 12.3. The van der Waals surface area contributed by atoms with E-state index in [4.69, 9.17) is 0 Å². The molecule has 4 nitrogen and oxygen atoms in total. The Morgan fingerprint density at radius 3 is 2.68 bits per heavy atom. The minimum atomic E-state index is -0.200. The highest BCUT2D eigenvalue weighted by Crippen LogP contribution is 2.44. The van der Waals surface area contributed by atoms with Crippen molar-refractivity contribution in [2.75, 3.05) is 18.4 Å². The molecule has 2 aromatic rings. The molecule has 2 atom stereocenters. The number of hydrogen-bond acceptors (Lipinski definition) is 3. The molecule has 4 heteroatoms. The summed E-state index contributed by atoms with van der Waals surface area (Å²) < 4.78 is 0. The first-order valence-corrected chi connectivity index (χ1v) is 9.26. The van der Waals surface area contributed by atoms with Crippen molar-refractivity contribution < 1.29 is 4.79 Å². The maximum atomic E-state index is 13.0. The highest BCUT2D eigenvalue weighted by atomic mass is 16.2. The van der Waals surface area contributed by atoms with E-state index < -0.39 is 0 Å². The monoisotopic (exact) mass is 335 g/mol. The third-order valence-corrected chi connectivity index (χ3v) is 5.86. The first kappa shape index (κ1) is 16.3. The lowest BCUT2D eigenvalue weighted by Crippen LogP contribution is -2.44. The van der Waals surface area contributed by atoms with E-state index in [-0.39, 0.29) is 11.3 Å². The van der Waals surface area contributed by atoms with E-state index in [2.05, 4.69) is 27.8 Å². The van der Waals surface area contributed by atoms with Crippen LogP contribution in [0.3, 0.4) is 0 Å². The van der Waals surface area contributed by atoms with Crippen molar-refractivity contribution in [3.05, 3.63) is 59.9 Å². The summed E-state index contributed by atoms with van der Waals surface area (Å²) in [7, 11) is 0. The topological polar surface area (TPSA) is 54.0 Å². The van der Waals surface area contributed by atoms with Crippen molar-refractivity contribution in [3.8, 4) is 0 Å². The zero-order chi connectivity index (χ0) is 17.1. The third-order valence-electron chi connectivity index (χ3n) is 5.86. The molecule has 0 spiro atoms. The normalized spacial score (nSPS) is 25.4. The minimum absolute atomic E-state index is 0.198. The van der Waals surface area contributed by atoms with Gasteiger partial charge >= 0.3 is 0 Å². The first-order chi connectivity index (χ1) is 12.3. The molecule has 25 heavy (non-hydrogen) atoms. The van der Waals surface area contributed by atoms with Gasteiger partial charge in [-0.05, 0) is 67.1 Å². The van der Waals surface area contributed by atoms with Crippen LogP contribution in [0.15, 0.2) is 48.8 Å². The number of nitrogens with one attached hydrogen (secondary N) is 2. The lowest BCUT2D eigenvalue weighted by Gasteiger charge is -2.37. The summed E-state index contributed by atoms with van der Waals surface area (Å²) in [6.45, 7) is 1.81. The molecule has 0 bridgehead atoms. The number of carbonyl (C=O) groups is 1. The molecule has 1 aromatic carbocycles. The third kappa shape index (κ3) is 3.31. The van der Waals surface area contributed by atoms with Gasteiger partial charge in [-0.15, -0.1) is 0 Å². The second-order valence-electron chi connectivity index (χ2n) is 7.41. The number of nitrogens with zero attached hydrogens (tertiary/aromatic N) is 1. The molecule has 1 aromatic heterocycles. The number of fused-ring (bicyclic) bond motifs is 1. The largest absolute Gasteiger partial charge is 0.326 e. The van der Waals surface area contributed by atoms with E-state index in [1.165, 1.54) is 24.0 Å². The van der Waals surface area contributed by atoms with Crippen LogP contribution in [0.2, 0.25) is 0 Å². The average molecular weight is 335 g/mol. The van der Waals surface area contributed by atoms with E-state index in [1.54, 1.807) is 0 Å². The molecule has 130 valence electrons. The molecule has 1 aliphatic heterocycles. The van der Waals surface area contributed by atoms with Crippen molar-refractivity contribution >= 4 is 11.6 Å². The van der Waals surface area contributed by atoms with Crippen molar-refractivity contribution in [2.24, 2.45) is 11.3 Å². The second-order valence-corrected chi connectivity index (χ2v) is 7.41. The summed E-state index contributed by atoms with van der Waals surface area (Å²) >= 11 is 0. The van der Waals surface area contributed by atoms with Crippen molar-refractivity contribution in [1.29, 1.82) is 0 Å². The number of carbonyl (C=O) groups excluding carboxylic acids is 1. The van der Waals surface area contributed by atoms with Crippen LogP contribution in [0.25, 0.3) is 0 Å². The maximum absolute atomic E-state index is 13.0. The van der Waals surface area contributed by atoms with Crippen LogP contribution in [0.1, 0.15) is 36.8 Å². The molecular weight excluding hydrogens is 310 g/mol. The van der Waals surface area contributed by atoms with E-state index in [9.17, 15) is 4.79 Å². The fraction of sp³-hybridized carbons (Fsp3) is 0.429. The predicted octanol–water partition coefficient (Wildman–Crippen LogP) is 3.39. The SMILES string of the molecule is O=C(Nc1ccc(Cc2ccncc2)cc1)[C@@]12CCCC[C@H]1CNC2. The van der Waals surface area contributed by atoms with Crippen molar-refractivity contribution in [2.45, 2.75) is 32.1 Å². The zero-order valence-corrected chi connectivity index (χ0v) is 14.5. The summed E-state index contributed by atoms with van der Waals surface area (Å²) in [4.78, 5) is 17.0. The van der Waals surface area contributed by atoms with Crippen LogP contribution in [0, 0.1) is 11.3 Å². The molecule has 2 N–H and O–H groups in total. The van der Waals surface area contributed by atoms with Gasteiger partial charge in [0, 0.05) is 24.6 Å². The molecule has 2 fully saturated rings. The van der Waals surface area contributed by atoms with Crippen LogP contribution < -0.4 is 10.6 Å². The highest BCUT2D eigenvalue weighted by molar-refractivity contribution is 5.96. The van der Waals surface area contributed by atoms with Gasteiger partial charge in [0.25, 0.3) is 0 Å². The molecule has 1 saturated heterocycles. The minimum Gasteiger partial charge on any atom is -0.326 e. The number of aromatic nitrogens is 1. The van der Waals surface area contributed by atoms with E-state index in [1.807, 2.05) is 36.7 Å². The van der Waals surface area contributed by atoms with Gasteiger partial charge in [0.05, 0.1) is 5.41 Å². The Kier molecular flexibility index (Phi) is 4.53. The average Bonchev–Trinajstić information content (AvgIpc) is 3.10. The Morgan fingerprint density at radius 1 is 1.12 bits per heavy atom. The molecule has 0 unspecified atom stereocenters. The molecule has 1 aliphatic carbocycles. The summed E-state index contributed by atoms with van der Waals surface area (Å²) in [5, 5.41) is 6.62. The van der Waals surface area contributed by atoms with Crippen molar-refractivity contribution in [3.63, 3.8) is 0 Å². The zero-order valence-electron chi connectivity index (χ0n) is 14.5. The Balaban J connectivity index is 1.43. The molecule has 2 aliphatic rings. The molecular formula is C21H25N3O. The van der Waals surface area contributed by atoms with Gasteiger partial charge in [-0.2, -0.15) is 0 Å². The second kappa shape index (κ2) is 6.96.